The fourth-order valence-corrected chi connectivity index (χ4v) is 1.32. The fraction of sp³-hybridized carbons (Fsp3) is 0.364. The van der Waals surface area contributed by atoms with E-state index in [2.05, 4.69) is 15.3 Å². The number of carbonyl (C=O) groups is 1. The van der Waals surface area contributed by atoms with Crippen molar-refractivity contribution in [2.24, 2.45) is 5.11 Å². The molecule has 0 aromatic heterocycles. The van der Waals surface area contributed by atoms with Gasteiger partial charge in [0.05, 0.1) is 12.7 Å². The lowest BCUT2D eigenvalue weighted by Gasteiger charge is -2.07. The smallest absolute Gasteiger partial charge is 0.255 e. The summed E-state index contributed by atoms with van der Waals surface area (Å²) in [6.45, 7) is 0.690. The largest absolute Gasteiger partial charge is 0.507 e. The molecule has 0 spiro atoms. The lowest BCUT2D eigenvalue weighted by Crippen LogP contribution is -2.24. The molecule has 0 bridgehead atoms. The average molecular weight is 250 g/mol. The fourth-order valence-electron chi connectivity index (χ4n) is 1.32. The molecule has 0 radical (unpaired) electrons. The highest BCUT2D eigenvalue weighted by Gasteiger charge is 2.11. The molecule has 0 fully saturated rings. The first kappa shape index (κ1) is 13.7. The first-order chi connectivity index (χ1) is 8.69. The monoisotopic (exact) mass is 250 g/mol. The summed E-state index contributed by atoms with van der Waals surface area (Å²) in [5, 5.41) is 15.5. The van der Waals surface area contributed by atoms with Crippen LogP contribution in [0, 0.1) is 0 Å². The standard InChI is InChI=1S/C11H14N4O3/c1-18-8-3-4-10(16)9(7-8)11(17)13-5-2-6-14-15-12/h3-4,7,16H,2,5-6H2,1H3,(H,13,17). The number of amides is 1. The minimum atomic E-state index is -0.396. The summed E-state index contributed by atoms with van der Waals surface area (Å²) < 4.78 is 4.97. The lowest BCUT2D eigenvalue weighted by molar-refractivity contribution is 0.0950. The van der Waals surface area contributed by atoms with Crippen LogP contribution < -0.4 is 10.1 Å². The van der Waals surface area contributed by atoms with Crippen molar-refractivity contribution in [3.05, 3.63) is 34.2 Å². The number of phenolic OH excluding ortho intramolecular Hbond substituents is 1. The summed E-state index contributed by atoms with van der Waals surface area (Å²) in [6, 6.07) is 4.42. The van der Waals surface area contributed by atoms with Gasteiger partial charge in [0, 0.05) is 18.0 Å². The van der Waals surface area contributed by atoms with Gasteiger partial charge >= 0.3 is 0 Å². The van der Waals surface area contributed by atoms with Gasteiger partial charge in [-0.15, -0.1) is 0 Å². The van der Waals surface area contributed by atoms with Crippen molar-refractivity contribution < 1.29 is 14.6 Å². The van der Waals surface area contributed by atoms with Gasteiger partial charge in [0.25, 0.3) is 5.91 Å². The van der Waals surface area contributed by atoms with Gasteiger partial charge in [-0.05, 0) is 30.2 Å². The number of rotatable bonds is 6. The number of azide groups is 1. The van der Waals surface area contributed by atoms with E-state index >= 15 is 0 Å². The molecule has 96 valence electrons. The van der Waals surface area contributed by atoms with Crippen molar-refractivity contribution in [1.29, 1.82) is 0 Å². The maximum absolute atomic E-state index is 11.7. The van der Waals surface area contributed by atoms with E-state index in [0.717, 1.165) is 0 Å². The maximum Gasteiger partial charge on any atom is 0.255 e. The zero-order valence-corrected chi connectivity index (χ0v) is 9.96. The molecule has 0 saturated carbocycles. The Kier molecular flexibility index (Phi) is 5.34. The summed E-state index contributed by atoms with van der Waals surface area (Å²) in [5.41, 5.74) is 8.22. The van der Waals surface area contributed by atoms with Gasteiger partial charge in [0.15, 0.2) is 0 Å². The summed E-state index contributed by atoms with van der Waals surface area (Å²) in [7, 11) is 1.48. The van der Waals surface area contributed by atoms with Crippen LogP contribution in [0.2, 0.25) is 0 Å². The molecule has 7 nitrogen and oxygen atoms in total. The zero-order chi connectivity index (χ0) is 13.4. The average Bonchev–Trinajstić information content (AvgIpc) is 2.39. The van der Waals surface area contributed by atoms with Crippen LogP contribution in [0.1, 0.15) is 16.8 Å². The Bertz CT molecular complexity index is 469. The third kappa shape index (κ3) is 3.88. The first-order valence-corrected chi connectivity index (χ1v) is 5.35. The molecule has 2 N–H and O–H groups in total. The third-order valence-corrected chi connectivity index (χ3v) is 2.23. The number of phenols is 1. The molecule has 0 atom stereocenters. The predicted molar refractivity (Wildman–Crippen MR) is 65.6 cm³/mol. The number of nitrogens with zero attached hydrogens (tertiary/aromatic N) is 3. The van der Waals surface area contributed by atoms with Crippen LogP contribution in [-0.2, 0) is 0 Å². The van der Waals surface area contributed by atoms with Crippen LogP contribution in [0.4, 0.5) is 0 Å². The van der Waals surface area contributed by atoms with Crippen LogP contribution in [-0.4, -0.2) is 31.2 Å². The van der Waals surface area contributed by atoms with E-state index in [9.17, 15) is 9.90 Å². The lowest BCUT2D eigenvalue weighted by atomic mass is 10.1. The Morgan fingerprint density at radius 1 is 1.61 bits per heavy atom. The molecule has 18 heavy (non-hydrogen) atoms. The van der Waals surface area contributed by atoms with Gasteiger partial charge in [0.1, 0.15) is 11.5 Å². The summed E-state index contributed by atoms with van der Waals surface area (Å²) in [6.07, 6.45) is 0.542. The van der Waals surface area contributed by atoms with E-state index in [1.54, 1.807) is 6.07 Å². The van der Waals surface area contributed by atoms with Crippen LogP contribution in [0.25, 0.3) is 10.4 Å². The van der Waals surface area contributed by atoms with Crippen LogP contribution in [0.3, 0.4) is 0 Å². The first-order valence-electron chi connectivity index (χ1n) is 5.35. The molecule has 0 unspecified atom stereocenters. The Labute approximate surface area is 104 Å². The maximum atomic E-state index is 11.7. The number of benzene rings is 1. The SMILES string of the molecule is COc1ccc(O)c(C(=O)NCCCN=[N+]=[N-])c1. The summed E-state index contributed by atoms with van der Waals surface area (Å²) in [5.74, 6) is -0.0114. The second-order valence-corrected chi connectivity index (χ2v) is 3.45. The minimum Gasteiger partial charge on any atom is -0.507 e. The van der Waals surface area contributed by atoms with E-state index in [0.29, 0.717) is 25.3 Å². The van der Waals surface area contributed by atoms with Crippen molar-refractivity contribution >= 4 is 5.91 Å². The molecule has 0 saturated heterocycles. The number of hydrogen-bond donors (Lipinski definition) is 2. The third-order valence-electron chi connectivity index (χ3n) is 2.23. The van der Waals surface area contributed by atoms with Crippen molar-refractivity contribution in [2.45, 2.75) is 6.42 Å². The van der Waals surface area contributed by atoms with Crippen LogP contribution >= 0.6 is 0 Å². The number of aromatic hydroxyl groups is 1. The summed E-state index contributed by atoms with van der Waals surface area (Å²) in [4.78, 5) is 14.3. The molecule has 7 heteroatoms. The summed E-state index contributed by atoms with van der Waals surface area (Å²) >= 11 is 0. The van der Waals surface area contributed by atoms with E-state index < -0.39 is 5.91 Å². The second-order valence-electron chi connectivity index (χ2n) is 3.45. The van der Waals surface area contributed by atoms with E-state index in [1.165, 1.54) is 19.2 Å². The Balaban J connectivity index is 2.57. The quantitative estimate of drug-likeness (QED) is 0.348. The highest BCUT2D eigenvalue weighted by atomic mass is 16.5. The topological polar surface area (TPSA) is 107 Å². The van der Waals surface area contributed by atoms with E-state index in [1.807, 2.05) is 0 Å². The predicted octanol–water partition coefficient (Wildman–Crippen LogP) is 1.83. The molecular weight excluding hydrogens is 236 g/mol. The van der Waals surface area contributed by atoms with Gasteiger partial charge in [-0.25, -0.2) is 0 Å². The Hall–Kier alpha value is -2.40. The highest BCUT2D eigenvalue weighted by molar-refractivity contribution is 5.97. The number of nitrogens with one attached hydrogen (secondary N) is 1. The number of hydrogen-bond acceptors (Lipinski definition) is 4. The van der Waals surface area contributed by atoms with E-state index in [4.69, 9.17) is 10.3 Å². The number of carbonyl (C=O) groups excluding carboxylic acids is 1. The molecule has 1 aromatic carbocycles. The Morgan fingerprint density at radius 2 is 2.39 bits per heavy atom. The molecule has 1 aromatic rings. The second kappa shape index (κ2) is 7.03. The van der Waals surface area contributed by atoms with Gasteiger partial charge < -0.3 is 15.2 Å². The molecule has 1 rings (SSSR count). The van der Waals surface area contributed by atoms with Crippen molar-refractivity contribution in [1.82, 2.24) is 5.32 Å². The molecule has 0 aliphatic rings. The number of methoxy groups -OCH3 is 1. The molecule has 0 heterocycles. The normalized spacial score (nSPS) is 9.39. The van der Waals surface area contributed by atoms with Crippen LogP contribution in [0.15, 0.2) is 23.3 Å². The number of ether oxygens (including phenoxy) is 1. The molecule has 0 aliphatic carbocycles. The van der Waals surface area contributed by atoms with Crippen molar-refractivity contribution in [3.8, 4) is 11.5 Å². The molecule has 1 amide bonds. The van der Waals surface area contributed by atoms with Gasteiger partial charge in [-0.2, -0.15) is 0 Å². The van der Waals surface area contributed by atoms with Crippen LogP contribution in [0.5, 0.6) is 11.5 Å². The van der Waals surface area contributed by atoms with Gasteiger partial charge in [0.2, 0.25) is 0 Å². The highest BCUT2D eigenvalue weighted by Crippen LogP contribution is 2.22. The molecule has 0 aliphatic heterocycles. The minimum absolute atomic E-state index is 0.108. The molecular formula is C11H14N4O3. The van der Waals surface area contributed by atoms with E-state index in [-0.39, 0.29) is 11.3 Å². The Morgan fingerprint density at radius 3 is 3.06 bits per heavy atom. The van der Waals surface area contributed by atoms with Gasteiger partial charge in [-0.3, -0.25) is 4.79 Å². The van der Waals surface area contributed by atoms with Crippen molar-refractivity contribution in [2.75, 3.05) is 20.2 Å². The zero-order valence-electron chi connectivity index (χ0n) is 9.96. The van der Waals surface area contributed by atoms with Gasteiger partial charge in [-0.1, -0.05) is 5.11 Å². The van der Waals surface area contributed by atoms with Crippen molar-refractivity contribution in [3.63, 3.8) is 0 Å².